The first-order valence-corrected chi connectivity index (χ1v) is 12.3. The van der Waals surface area contributed by atoms with E-state index in [1.165, 1.54) is 17.1 Å². The van der Waals surface area contributed by atoms with Gasteiger partial charge in [-0.1, -0.05) is 43.9 Å². The smallest absolute Gasteiger partial charge is 0.243 e. The molecule has 0 aromatic heterocycles. The summed E-state index contributed by atoms with van der Waals surface area (Å²) < 4.78 is 32.0. The fourth-order valence-corrected chi connectivity index (χ4v) is 5.01. The maximum Gasteiger partial charge on any atom is 0.243 e. The van der Waals surface area contributed by atoms with Crippen molar-refractivity contribution < 1.29 is 17.9 Å². The Hall–Kier alpha value is -2.54. The number of nitrogens with one attached hydrogen (secondary N) is 1. The molecule has 3 rings (SSSR count). The van der Waals surface area contributed by atoms with Crippen LogP contribution in [-0.2, 0) is 14.8 Å². The molecule has 0 heterocycles. The molecule has 1 atom stereocenters. The van der Waals surface area contributed by atoms with Crippen molar-refractivity contribution in [3.8, 4) is 11.5 Å². The summed E-state index contributed by atoms with van der Waals surface area (Å²) in [7, 11) is -3.65. The van der Waals surface area contributed by atoms with E-state index in [1.54, 1.807) is 31.2 Å². The monoisotopic (exact) mass is 430 g/mol. The molecule has 6 nitrogen and oxygen atoms in total. The molecule has 0 saturated heterocycles. The van der Waals surface area contributed by atoms with Crippen LogP contribution in [0.5, 0.6) is 11.5 Å². The zero-order valence-electron chi connectivity index (χ0n) is 17.6. The number of carbonyl (C=O) groups is 1. The number of ether oxygens (including phenoxy) is 1. The van der Waals surface area contributed by atoms with Crippen LogP contribution in [0, 0.1) is 0 Å². The number of benzene rings is 2. The van der Waals surface area contributed by atoms with Gasteiger partial charge in [0.05, 0.1) is 11.9 Å². The predicted molar refractivity (Wildman–Crippen MR) is 119 cm³/mol. The van der Waals surface area contributed by atoms with Crippen LogP contribution in [0.3, 0.4) is 0 Å². The Morgan fingerprint density at radius 1 is 0.967 bits per heavy atom. The number of rotatable bonds is 7. The molecular formula is C23H30N2O4S. The first-order valence-electron chi connectivity index (χ1n) is 10.5. The van der Waals surface area contributed by atoms with E-state index in [-0.39, 0.29) is 11.9 Å². The average molecular weight is 431 g/mol. The lowest BCUT2D eigenvalue weighted by Gasteiger charge is -2.29. The summed E-state index contributed by atoms with van der Waals surface area (Å²) in [6.45, 7) is 1.63. The highest BCUT2D eigenvalue weighted by Gasteiger charge is 2.30. The van der Waals surface area contributed by atoms with E-state index in [0.29, 0.717) is 17.2 Å². The van der Waals surface area contributed by atoms with E-state index in [0.717, 1.165) is 31.9 Å². The summed E-state index contributed by atoms with van der Waals surface area (Å²) in [6, 6.07) is 15.4. The second-order valence-electron chi connectivity index (χ2n) is 7.84. The number of carbonyl (C=O) groups excluding carboxylic acids is 1. The number of nitrogens with zero attached hydrogens (tertiary/aromatic N) is 1. The van der Waals surface area contributed by atoms with Gasteiger partial charge in [0, 0.05) is 6.04 Å². The van der Waals surface area contributed by atoms with Crippen LogP contribution in [-0.4, -0.2) is 32.7 Å². The third-order valence-corrected chi connectivity index (χ3v) is 6.60. The molecule has 1 amide bonds. The summed E-state index contributed by atoms with van der Waals surface area (Å²) in [5.41, 5.74) is 0.432. The van der Waals surface area contributed by atoms with E-state index >= 15 is 0 Å². The van der Waals surface area contributed by atoms with Gasteiger partial charge in [-0.15, -0.1) is 0 Å². The molecule has 1 unspecified atom stereocenters. The fraction of sp³-hybridized carbons (Fsp3) is 0.435. The Balaban J connectivity index is 1.74. The van der Waals surface area contributed by atoms with Crippen molar-refractivity contribution in [2.45, 2.75) is 57.5 Å². The van der Waals surface area contributed by atoms with Crippen molar-refractivity contribution in [3.05, 3.63) is 54.6 Å². The number of anilines is 1. The van der Waals surface area contributed by atoms with Crippen molar-refractivity contribution in [2.24, 2.45) is 0 Å². The van der Waals surface area contributed by atoms with Crippen LogP contribution < -0.4 is 14.4 Å². The van der Waals surface area contributed by atoms with E-state index < -0.39 is 16.1 Å². The van der Waals surface area contributed by atoms with E-state index in [4.69, 9.17) is 4.74 Å². The molecule has 1 fully saturated rings. The van der Waals surface area contributed by atoms with E-state index in [1.807, 2.05) is 30.3 Å². The second-order valence-corrected chi connectivity index (χ2v) is 9.70. The Morgan fingerprint density at radius 2 is 1.53 bits per heavy atom. The van der Waals surface area contributed by atoms with Gasteiger partial charge in [0.15, 0.2) is 0 Å². The zero-order chi connectivity index (χ0) is 21.6. The number of hydrogen-bond donors (Lipinski definition) is 1. The summed E-state index contributed by atoms with van der Waals surface area (Å²) in [4.78, 5) is 12.9. The lowest BCUT2D eigenvalue weighted by atomic mass is 10.1. The molecule has 0 radical (unpaired) electrons. The van der Waals surface area contributed by atoms with Crippen molar-refractivity contribution >= 4 is 21.6 Å². The normalized spacial score (nSPS) is 16.3. The summed E-state index contributed by atoms with van der Waals surface area (Å²) in [5.74, 6) is 1.02. The van der Waals surface area contributed by atoms with E-state index in [2.05, 4.69) is 5.32 Å². The molecule has 0 spiro atoms. The zero-order valence-corrected chi connectivity index (χ0v) is 18.4. The number of hydrogen-bond acceptors (Lipinski definition) is 4. The first kappa shape index (κ1) is 22.2. The predicted octanol–water partition coefficient (Wildman–Crippen LogP) is 4.47. The van der Waals surface area contributed by atoms with Crippen molar-refractivity contribution in [1.29, 1.82) is 0 Å². The van der Waals surface area contributed by atoms with Crippen LogP contribution in [0.15, 0.2) is 54.6 Å². The van der Waals surface area contributed by atoms with Gasteiger partial charge in [-0.05, 0) is 56.2 Å². The molecule has 1 N–H and O–H groups in total. The van der Waals surface area contributed by atoms with Crippen LogP contribution in [0.2, 0.25) is 0 Å². The Labute approximate surface area is 179 Å². The molecule has 1 aliphatic rings. The minimum Gasteiger partial charge on any atom is -0.457 e. The van der Waals surface area contributed by atoms with Gasteiger partial charge in [-0.2, -0.15) is 0 Å². The average Bonchev–Trinajstić information content (AvgIpc) is 2.98. The van der Waals surface area contributed by atoms with Crippen molar-refractivity contribution in [3.63, 3.8) is 0 Å². The topological polar surface area (TPSA) is 75.7 Å². The lowest BCUT2D eigenvalue weighted by Crippen LogP contribution is -2.50. The highest BCUT2D eigenvalue weighted by Crippen LogP contribution is 2.27. The highest BCUT2D eigenvalue weighted by molar-refractivity contribution is 7.92. The van der Waals surface area contributed by atoms with Gasteiger partial charge < -0.3 is 10.1 Å². The van der Waals surface area contributed by atoms with Crippen LogP contribution >= 0.6 is 0 Å². The van der Waals surface area contributed by atoms with Gasteiger partial charge in [0.25, 0.3) is 0 Å². The van der Waals surface area contributed by atoms with Gasteiger partial charge >= 0.3 is 0 Å². The largest absolute Gasteiger partial charge is 0.457 e. The van der Waals surface area contributed by atoms with Crippen LogP contribution in [0.25, 0.3) is 0 Å². The van der Waals surface area contributed by atoms with Crippen molar-refractivity contribution in [1.82, 2.24) is 5.32 Å². The molecule has 1 aliphatic carbocycles. The Morgan fingerprint density at radius 3 is 2.10 bits per heavy atom. The maximum atomic E-state index is 12.9. The van der Waals surface area contributed by atoms with Crippen LogP contribution in [0.1, 0.15) is 45.4 Å². The molecule has 30 heavy (non-hydrogen) atoms. The third kappa shape index (κ3) is 5.98. The standard InChI is InChI=1S/C23H30N2O4S/c1-18(23(26)24-19-10-6-3-4-7-11-19)25(30(2,27)28)20-14-16-22(17-15-20)29-21-12-8-5-9-13-21/h5,8-9,12-19H,3-4,6-7,10-11H2,1-2H3,(H,24,26). The molecule has 0 aliphatic heterocycles. The molecular weight excluding hydrogens is 400 g/mol. The Kier molecular flexibility index (Phi) is 7.37. The highest BCUT2D eigenvalue weighted by atomic mass is 32.2. The van der Waals surface area contributed by atoms with E-state index in [9.17, 15) is 13.2 Å². The molecule has 162 valence electrons. The van der Waals surface area contributed by atoms with Crippen LogP contribution in [0.4, 0.5) is 5.69 Å². The summed E-state index contributed by atoms with van der Waals surface area (Å²) in [5, 5.41) is 3.06. The number of amides is 1. The lowest BCUT2D eigenvalue weighted by molar-refractivity contribution is -0.122. The summed E-state index contributed by atoms with van der Waals surface area (Å²) >= 11 is 0. The number of sulfonamides is 1. The van der Waals surface area contributed by atoms with Crippen molar-refractivity contribution in [2.75, 3.05) is 10.6 Å². The Bertz CT molecular complexity index is 921. The van der Waals surface area contributed by atoms with Gasteiger partial charge in [-0.25, -0.2) is 8.42 Å². The molecule has 0 bridgehead atoms. The van der Waals surface area contributed by atoms with Gasteiger partial charge in [0.2, 0.25) is 15.9 Å². The SMILES string of the molecule is CC(C(=O)NC1CCCCCC1)N(c1ccc(Oc2ccccc2)cc1)S(C)(=O)=O. The number of para-hydroxylation sites is 1. The maximum absolute atomic E-state index is 12.9. The second kappa shape index (κ2) is 9.98. The molecule has 7 heteroatoms. The minimum absolute atomic E-state index is 0.116. The fourth-order valence-electron chi connectivity index (χ4n) is 3.84. The molecule has 2 aromatic rings. The molecule has 2 aromatic carbocycles. The third-order valence-electron chi connectivity index (χ3n) is 5.36. The van der Waals surface area contributed by atoms with Gasteiger partial charge in [0.1, 0.15) is 17.5 Å². The molecule has 1 saturated carbocycles. The first-order chi connectivity index (χ1) is 14.3. The van der Waals surface area contributed by atoms with Gasteiger partial charge in [-0.3, -0.25) is 9.10 Å². The minimum atomic E-state index is -3.65. The summed E-state index contributed by atoms with van der Waals surface area (Å²) in [6.07, 6.45) is 7.59. The quantitative estimate of drug-likeness (QED) is 0.658.